The molecule has 1 aliphatic heterocycles. The first-order valence-corrected chi connectivity index (χ1v) is 15.0. The highest BCUT2D eigenvalue weighted by Crippen LogP contribution is 2.35. The van der Waals surface area contributed by atoms with Crippen LogP contribution in [0.2, 0.25) is 0 Å². The summed E-state index contributed by atoms with van der Waals surface area (Å²) >= 11 is 1.27. The lowest BCUT2D eigenvalue weighted by Gasteiger charge is -2.26. The number of benzene rings is 3. The van der Waals surface area contributed by atoms with E-state index >= 15 is 0 Å². The van der Waals surface area contributed by atoms with Crippen molar-refractivity contribution in [2.24, 2.45) is 4.99 Å². The lowest BCUT2D eigenvalue weighted by molar-refractivity contribution is -0.138. The van der Waals surface area contributed by atoms with E-state index in [2.05, 4.69) is 0 Å². The fourth-order valence-electron chi connectivity index (χ4n) is 5.60. The molecular weight excluding hydrogens is 577 g/mol. The standard InChI is InChI=1S/C35H30FN3O4S/c1-5-43-34(41)30-31(23-9-7-6-8-10-23)37-35-39(32(30)24-11-17-28(42-4)18-12-24)33(40)29(44-35)20-25-19-21(2)38(22(25)3)27-15-13-26(36)14-16-27/h6-20,32H,5H2,1-4H3/b29-20-/t32-/m0/s1. The minimum atomic E-state index is -0.778. The molecule has 0 aliphatic carbocycles. The number of halogens is 1. The summed E-state index contributed by atoms with van der Waals surface area (Å²) in [5, 5.41) is 0. The van der Waals surface area contributed by atoms with Gasteiger partial charge in [-0.1, -0.05) is 53.8 Å². The van der Waals surface area contributed by atoms with Gasteiger partial charge in [0.15, 0.2) is 4.80 Å². The normalized spacial score (nSPS) is 14.8. The number of thiazole rings is 1. The molecular formula is C35H30FN3O4S. The van der Waals surface area contributed by atoms with Crippen LogP contribution in [0, 0.1) is 19.7 Å². The maximum absolute atomic E-state index is 14.2. The molecule has 0 bridgehead atoms. The Hall–Kier alpha value is -5.02. The third-order valence-corrected chi connectivity index (χ3v) is 8.63. The maximum atomic E-state index is 14.2. The van der Waals surface area contributed by atoms with Crippen molar-refractivity contribution in [1.82, 2.24) is 9.13 Å². The number of carbonyl (C=O) groups excluding carboxylic acids is 1. The topological polar surface area (TPSA) is 74.8 Å². The summed E-state index contributed by atoms with van der Waals surface area (Å²) in [7, 11) is 1.59. The second kappa shape index (κ2) is 11.9. The molecule has 44 heavy (non-hydrogen) atoms. The molecule has 7 nitrogen and oxygen atoms in total. The molecule has 0 fully saturated rings. The van der Waals surface area contributed by atoms with Gasteiger partial charge in [0, 0.05) is 22.6 Å². The largest absolute Gasteiger partial charge is 0.497 e. The summed E-state index contributed by atoms with van der Waals surface area (Å²) in [4.78, 5) is 33.3. The lowest BCUT2D eigenvalue weighted by Crippen LogP contribution is -2.40. The number of ether oxygens (including phenoxy) is 2. The van der Waals surface area contributed by atoms with Crippen molar-refractivity contribution in [1.29, 1.82) is 0 Å². The third-order valence-electron chi connectivity index (χ3n) is 7.65. The van der Waals surface area contributed by atoms with Crippen molar-refractivity contribution in [2.75, 3.05) is 13.7 Å². The number of carbonyl (C=O) groups is 1. The second-order valence-corrected chi connectivity index (χ2v) is 11.4. The lowest BCUT2D eigenvalue weighted by atomic mass is 9.93. The Morgan fingerprint density at radius 3 is 2.39 bits per heavy atom. The molecule has 222 valence electrons. The number of aryl methyl sites for hydroxylation is 1. The van der Waals surface area contributed by atoms with Crippen LogP contribution in [0.5, 0.6) is 5.75 Å². The maximum Gasteiger partial charge on any atom is 0.338 e. The highest BCUT2D eigenvalue weighted by Gasteiger charge is 2.35. The van der Waals surface area contributed by atoms with Crippen molar-refractivity contribution in [3.8, 4) is 11.4 Å². The first-order chi connectivity index (χ1) is 21.3. The molecule has 9 heteroatoms. The van der Waals surface area contributed by atoms with Gasteiger partial charge >= 0.3 is 5.97 Å². The number of rotatable bonds is 7. The number of nitrogens with zero attached hydrogens (tertiary/aromatic N) is 3. The molecule has 0 saturated carbocycles. The van der Waals surface area contributed by atoms with Crippen LogP contribution in [-0.4, -0.2) is 28.8 Å². The summed E-state index contributed by atoms with van der Waals surface area (Å²) in [6, 6.07) is 24.3. The average Bonchev–Trinajstić information content (AvgIpc) is 3.50. The highest BCUT2D eigenvalue weighted by molar-refractivity contribution is 7.07. The van der Waals surface area contributed by atoms with E-state index < -0.39 is 12.0 Å². The SMILES string of the molecule is CCOC(=O)C1=C(c2ccccc2)N=c2s/c(=C\c3cc(C)n(-c4ccc(F)cc4)c3C)c(=O)n2[C@H]1c1ccc(OC)cc1. The van der Waals surface area contributed by atoms with Gasteiger partial charge in [-0.05, 0) is 80.4 Å². The van der Waals surface area contributed by atoms with Gasteiger partial charge in [0.25, 0.3) is 5.56 Å². The predicted octanol–water partition coefficient (Wildman–Crippen LogP) is 5.49. The molecule has 0 radical (unpaired) electrons. The van der Waals surface area contributed by atoms with E-state index in [1.54, 1.807) is 42.9 Å². The quantitative estimate of drug-likeness (QED) is 0.230. The minimum Gasteiger partial charge on any atom is -0.497 e. The Kier molecular flexibility index (Phi) is 7.88. The van der Waals surface area contributed by atoms with E-state index in [0.29, 0.717) is 20.8 Å². The van der Waals surface area contributed by atoms with Crippen molar-refractivity contribution >= 4 is 29.1 Å². The molecule has 0 spiro atoms. The van der Waals surface area contributed by atoms with Gasteiger partial charge in [-0.15, -0.1) is 0 Å². The van der Waals surface area contributed by atoms with Crippen LogP contribution in [0.25, 0.3) is 17.5 Å². The molecule has 3 aromatic carbocycles. The van der Waals surface area contributed by atoms with E-state index in [9.17, 15) is 14.0 Å². The van der Waals surface area contributed by atoms with Crippen molar-refractivity contribution in [3.63, 3.8) is 0 Å². The Morgan fingerprint density at radius 2 is 1.73 bits per heavy atom. The van der Waals surface area contributed by atoms with Crippen LogP contribution in [0.1, 0.15) is 41.0 Å². The van der Waals surface area contributed by atoms with Gasteiger partial charge in [-0.2, -0.15) is 0 Å². The molecule has 0 N–H and O–H groups in total. The molecule has 3 heterocycles. The van der Waals surface area contributed by atoms with E-state index in [-0.39, 0.29) is 23.6 Å². The van der Waals surface area contributed by atoms with Gasteiger partial charge < -0.3 is 14.0 Å². The molecule has 2 aromatic heterocycles. The Balaban J connectivity index is 1.59. The smallest absolute Gasteiger partial charge is 0.338 e. The summed E-state index contributed by atoms with van der Waals surface area (Å²) in [6.07, 6.45) is 1.85. The Morgan fingerprint density at radius 1 is 1.02 bits per heavy atom. The number of fused-ring (bicyclic) bond motifs is 1. The van der Waals surface area contributed by atoms with Crippen molar-refractivity contribution in [2.45, 2.75) is 26.8 Å². The van der Waals surface area contributed by atoms with E-state index in [1.807, 2.05) is 73.0 Å². The fraction of sp³-hybridized carbons (Fsp3) is 0.171. The molecule has 6 rings (SSSR count). The number of methoxy groups -OCH3 is 1. The molecule has 1 atom stereocenters. The molecule has 1 aliphatic rings. The molecule has 0 unspecified atom stereocenters. The summed E-state index contributed by atoms with van der Waals surface area (Å²) < 4.78 is 28.6. The zero-order chi connectivity index (χ0) is 31.0. The monoisotopic (exact) mass is 607 g/mol. The second-order valence-electron chi connectivity index (χ2n) is 10.3. The average molecular weight is 608 g/mol. The third kappa shape index (κ3) is 5.20. The van der Waals surface area contributed by atoms with Crippen LogP contribution in [-0.2, 0) is 9.53 Å². The van der Waals surface area contributed by atoms with Crippen LogP contribution in [0.15, 0.2) is 100 Å². The first-order valence-electron chi connectivity index (χ1n) is 14.2. The zero-order valence-electron chi connectivity index (χ0n) is 24.7. The van der Waals surface area contributed by atoms with Crippen molar-refractivity contribution < 1.29 is 18.7 Å². The number of hydrogen-bond donors (Lipinski definition) is 0. The molecule has 0 amide bonds. The van der Waals surface area contributed by atoms with Crippen molar-refractivity contribution in [3.05, 3.63) is 144 Å². The van der Waals surface area contributed by atoms with Crippen LogP contribution < -0.4 is 19.6 Å². The number of hydrogen-bond acceptors (Lipinski definition) is 6. The number of esters is 1. The summed E-state index contributed by atoms with van der Waals surface area (Å²) in [5.41, 5.74) is 5.48. The predicted molar refractivity (Wildman–Crippen MR) is 169 cm³/mol. The fourth-order valence-corrected chi connectivity index (χ4v) is 6.60. The van der Waals surface area contributed by atoms with Gasteiger partial charge in [-0.25, -0.2) is 14.2 Å². The summed E-state index contributed by atoms with van der Waals surface area (Å²) in [5.74, 6) is -0.184. The van der Waals surface area contributed by atoms with Gasteiger partial charge in [-0.3, -0.25) is 9.36 Å². The first kappa shape index (κ1) is 29.1. The minimum absolute atomic E-state index is 0.174. The van der Waals surface area contributed by atoms with E-state index in [4.69, 9.17) is 14.5 Å². The van der Waals surface area contributed by atoms with E-state index in [0.717, 1.165) is 33.8 Å². The Labute approximate surface area is 257 Å². The molecule has 5 aromatic rings. The van der Waals surface area contributed by atoms with Gasteiger partial charge in [0.1, 0.15) is 11.6 Å². The van der Waals surface area contributed by atoms with Gasteiger partial charge in [0.2, 0.25) is 0 Å². The van der Waals surface area contributed by atoms with Crippen LogP contribution in [0.4, 0.5) is 4.39 Å². The summed E-state index contributed by atoms with van der Waals surface area (Å²) in [6.45, 7) is 5.86. The Bertz CT molecular complexity index is 2070. The van der Waals surface area contributed by atoms with Crippen LogP contribution in [0.3, 0.4) is 0 Å². The van der Waals surface area contributed by atoms with Crippen LogP contribution >= 0.6 is 11.3 Å². The highest BCUT2D eigenvalue weighted by atomic mass is 32.1. The number of aromatic nitrogens is 2. The van der Waals surface area contributed by atoms with Gasteiger partial charge in [0.05, 0.1) is 35.6 Å². The zero-order valence-corrected chi connectivity index (χ0v) is 25.5. The molecule has 0 saturated heterocycles. The van der Waals surface area contributed by atoms with E-state index in [1.165, 1.54) is 23.5 Å².